The predicted molar refractivity (Wildman–Crippen MR) is 71.4 cm³/mol. The van der Waals surface area contributed by atoms with Crippen molar-refractivity contribution >= 4 is 15.9 Å². The lowest BCUT2D eigenvalue weighted by Gasteiger charge is -2.12. The average Bonchev–Trinajstić information content (AvgIpc) is 2.81. The van der Waals surface area contributed by atoms with Gasteiger partial charge in [-0.25, -0.2) is 9.67 Å². The summed E-state index contributed by atoms with van der Waals surface area (Å²) in [5, 5.41) is 6.68. The largest absolute Gasteiger partial charge is 0.433 e. The first-order valence-electron chi connectivity index (χ1n) is 5.90. The summed E-state index contributed by atoms with van der Waals surface area (Å²) in [4.78, 5) is 3.95. The van der Waals surface area contributed by atoms with Gasteiger partial charge in [-0.3, -0.25) is 0 Å². The maximum atomic E-state index is 13.2. The van der Waals surface area contributed by atoms with E-state index in [2.05, 4.69) is 31.3 Å². The summed E-state index contributed by atoms with van der Waals surface area (Å²) in [5.74, 6) is 0.128. The Morgan fingerprint density at radius 2 is 2.05 bits per heavy atom. The summed E-state index contributed by atoms with van der Waals surface area (Å²) < 4.78 is 41.1. The second kappa shape index (κ2) is 5.92. The molecule has 8 heteroatoms. The molecule has 1 N–H and O–H groups in total. The van der Waals surface area contributed by atoms with Crippen molar-refractivity contribution in [2.75, 3.05) is 6.54 Å². The Balaban J connectivity index is 2.47. The van der Waals surface area contributed by atoms with Gasteiger partial charge in [-0.15, -0.1) is 0 Å². The Labute approximate surface area is 122 Å². The van der Waals surface area contributed by atoms with E-state index < -0.39 is 11.9 Å². The van der Waals surface area contributed by atoms with Gasteiger partial charge in [0.1, 0.15) is 0 Å². The van der Waals surface area contributed by atoms with Gasteiger partial charge in [0.15, 0.2) is 11.5 Å². The molecule has 2 heterocycles. The zero-order chi connectivity index (χ0) is 14.8. The number of hydrogen-bond donors (Lipinski definition) is 1. The van der Waals surface area contributed by atoms with Crippen LogP contribution >= 0.6 is 15.9 Å². The molecule has 4 nitrogen and oxygen atoms in total. The lowest BCUT2D eigenvalue weighted by Crippen LogP contribution is -2.19. The molecular weight excluding hydrogens is 337 g/mol. The van der Waals surface area contributed by atoms with Crippen molar-refractivity contribution < 1.29 is 13.2 Å². The molecule has 2 rings (SSSR count). The predicted octanol–water partition coefficient (Wildman–Crippen LogP) is 3.16. The minimum absolute atomic E-state index is 0.101. The summed E-state index contributed by atoms with van der Waals surface area (Å²) in [7, 11) is 0. The number of halogens is 4. The summed E-state index contributed by atoms with van der Waals surface area (Å²) in [6.07, 6.45) is -1.84. The molecule has 0 fully saturated rings. The Hall–Kier alpha value is -1.41. The first kappa shape index (κ1) is 15.0. The van der Waals surface area contributed by atoms with Crippen LogP contribution in [0.15, 0.2) is 29.0 Å². The lowest BCUT2D eigenvalue weighted by atomic mass is 10.2. The Kier molecular flexibility index (Phi) is 4.44. The number of rotatable bonds is 4. The molecule has 0 atom stereocenters. The van der Waals surface area contributed by atoms with Crippen LogP contribution in [0.5, 0.6) is 0 Å². The number of alkyl halides is 3. The highest BCUT2D eigenvalue weighted by Crippen LogP contribution is 2.33. The van der Waals surface area contributed by atoms with Crippen LogP contribution in [0.1, 0.15) is 18.2 Å². The molecule has 0 bridgehead atoms. The van der Waals surface area contributed by atoms with Crippen molar-refractivity contribution in [2.24, 2.45) is 0 Å². The van der Waals surface area contributed by atoms with Gasteiger partial charge >= 0.3 is 6.18 Å². The molecular formula is C12H12BrF3N4. The average molecular weight is 349 g/mol. The molecule has 0 unspecified atom stereocenters. The highest BCUT2D eigenvalue weighted by atomic mass is 79.9. The fourth-order valence-corrected chi connectivity index (χ4v) is 1.98. The molecule has 0 saturated carbocycles. The molecule has 0 amide bonds. The molecule has 0 aromatic carbocycles. The van der Waals surface area contributed by atoms with Crippen LogP contribution in [0.25, 0.3) is 5.82 Å². The standard InChI is InChI=1S/C12H12BrF3N4/c1-2-17-5-8-6-19-20(11(8)12(14,15)16)10-4-3-9(13)7-18-10/h3-4,6-7,17H,2,5H2,1H3. The van der Waals surface area contributed by atoms with Gasteiger partial charge in [0.25, 0.3) is 0 Å². The van der Waals surface area contributed by atoms with Gasteiger partial charge in [-0.2, -0.15) is 18.3 Å². The van der Waals surface area contributed by atoms with E-state index in [-0.39, 0.29) is 17.9 Å². The van der Waals surface area contributed by atoms with Crippen molar-refractivity contribution in [3.63, 3.8) is 0 Å². The number of pyridine rings is 1. The first-order valence-corrected chi connectivity index (χ1v) is 6.69. The molecule has 0 radical (unpaired) electrons. The molecule has 20 heavy (non-hydrogen) atoms. The van der Waals surface area contributed by atoms with Crippen molar-refractivity contribution in [2.45, 2.75) is 19.6 Å². The van der Waals surface area contributed by atoms with Gasteiger partial charge in [0.2, 0.25) is 0 Å². The summed E-state index contributed by atoms with van der Waals surface area (Å²) >= 11 is 3.19. The van der Waals surface area contributed by atoms with Crippen molar-refractivity contribution in [3.8, 4) is 5.82 Å². The minimum atomic E-state index is -4.49. The highest BCUT2D eigenvalue weighted by Gasteiger charge is 2.38. The summed E-state index contributed by atoms with van der Waals surface area (Å²) in [5.41, 5.74) is -0.697. The maximum Gasteiger partial charge on any atom is 0.433 e. The quantitative estimate of drug-likeness (QED) is 0.922. The summed E-state index contributed by atoms with van der Waals surface area (Å²) in [6.45, 7) is 2.52. The van der Waals surface area contributed by atoms with E-state index in [1.165, 1.54) is 18.5 Å². The monoisotopic (exact) mass is 348 g/mol. The van der Waals surface area contributed by atoms with E-state index >= 15 is 0 Å². The van der Waals surface area contributed by atoms with Crippen LogP contribution in [0, 0.1) is 0 Å². The number of aromatic nitrogens is 3. The number of hydrogen-bond acceptors (Lipinski definition) is 3. The van der Waals surface area contributed by atoms with Gasteiger partial charge in [-0.1, -0.05) is 6.92 Å². The third-order valence-corrected chi connectivity index (χ3v) is 3.08. The van der Waals surface area contributed by atoms with Crippen molar-refractivity contribution in [1.82, 2.24) is 20.1 Å². The first-order chi connectivity index (χ1) is 9.43. The van der Waals surface area contributed by atoms with Crippen molar-refractivity contribution in [3.05, 3.63) is 40.3 Å². The summed E-state index contributed by atoms with van der Waals surface area (Å²) in [6, 6.07) is 3.09. The normalized spacial score (nSPS) is 11.8. The molecule has 0 aliphatic rings. The number of nitrogens with one attached hydrogen (secondary N) is 1. The van der Waals surface area contributed by atoms with Crippen LogP contribution < -0.4 is 5.32 Å². The minimum Gasteiger partial charge on any atom is -0.313 e. The van der Waals surface area contributed by atoms with E-state index in [4.69, 9.17) is 0 Å². The third kappa shape index (κ3) is 3.18. The van der Waals surface area contributed by atoms with Crippen LogP contribution in [0.4, 0.5) is 13.2 Å². The second-order valence-electron chi connectivity index (χ2n) is 4.04. The fourth-order valence-electron chi connectivity index (χ4n) is 1.74. The SMILES string of the molecule is CCNCc1cnn(-c2ccc(Br)cn2)c1C(F)(F)F. The third-order valence-electron chi connectivity index (χ3n) is 2.61. The van der Waals surface area contributed by atoms with E-state index in [1.54, 1.807) is 6.07 Å². The van der Waals surface area contributed by atoms with E-state index in [0.29, 0.717) is 11.0 Å². The van der Waals surface area contributed by atoms with E-state index in [0.717, 1.165) is 4.68 Å². The second-order valence-corrected chi connectivity index (χ2v) is 4.96. The smallest absolute Gasteiger partial charge is 0.313 e. The fraction of sp³-hybridized carbons (Fsp3) is 0.333. The van der Waals surface area contributed by atoms with Gasteiger partial charge in [0.05, 0.1) is 6.20 Å². The van der Waals surface area contributed by atoms with Crippen LogP contribution in [0.3, 0.4) is 0 Å². The highest BCUT2D eigenvalue weighted by molar-refractivity contribution is 9.10. The molecule has 0 saturated heterocycles. The Morgan fingerprint density at radius 1 is 1.30 bits per heavy atom. The maximum absolute atomic E-state index is 13.2. The van der Waals surface area contributed by atoms with E-state index in [1.807, 2.05) is 6.92 Å². The number of nitrogens with zero attached hydrogens (tertiary/aromatic N) is 3. The molecule has 0 spiro atoms. The molecule has 2 aromatic rings. The van der Waals surface area contributed by atoms with E-state index in [9.17, 15) is 13.2 Å². The molecule has 108 valence electrons. The lowest BCUT2D eigenvalue weighted by molar-refractivity contribution is -0.143. The van der Waals surface area contributed by atoms with Gasteiger partial charge in [0, 0.05) is 22.8 Å². The topological polar surface area (TPSA) is 42.7 Å². The van der Waals surface area contributed by atoms with Crippen LogP contribution in [-0.2, 0) is 12.7 Å². The zero-order valence-electron chi connectivity index (χ0n) is 10.6. The Morgan fingerprint density at radius 3 is 2.60 bits per heavy atom. The molecule has 0 aliphatic heterocycles. The Bertz CT molecular complexity index is 577. The molecule has 2 aromatic heterocycles. The van der Waals surface area contributed by atoms with Gasteiger partial charge in [-0.05, 0) is 34.6 Å². The van der Waals surface area contributed by atoms with Crippen molar-refractivity contribution in [1.29, 1.82) is 0 Å². The van der Waals surface area contributed by atoms with Crippen LogP contribution in [0.2, 0.25) is 0 Å². The van der Waals surface area contributed by atoms with Crippen LogP contribution in [-0.4, -0.2) is 21.3 Å². The zero-order valence-corrected chi connectivity index (χ0v) is 12.2. The molecule has 0 aliphatic carbocycles. The van der Waals surface area contributed by atoms with Gasteiger partial charge < -0.3 is 5.32 Å².